The maximum atomic E-state index is 12.5. The van der Waals surface area contributed by atoms with E-state index >= 15 is 0 Å². The summed E-state index contributed by atoms with van der Waals surface area (Å²) in [6.07, 6.45) is 4.06. The molecule has 34 heavy (non-hydrogen) atoms. The molecule has 1 heterocycles. The fraction of sp³-hybridized carbons (Fsp3) is 0.696. The van der Waals surface area contributed by atoms with E-state index in [4.69, 9.17) is 0 Å². The first kappa shape index (κ1) is 28.7. The zero-order valence-electron chi connectivity index (χ0n) is 21.1. The van der Waals surface area contributed by atoms with E-state index < -0.39 is 20.0 Å². The van der Waals surface area contributed by atoms with Crippen LogP contribution in [0, 0.1) is 0 Å². The van der Waals surface area contributed by atoms with Crippen LogP contribution in [0.4, 0.5) is 0 Å². The Labute approximate surface area is 205 Å². The van der Waals surface area contributed by atoms with E-state index in [1.165, 1.54) is 29.0 Å². The van der Waals surface area contributed by atoms with Gasteiger partial charge in [0.05, 0.1) is 4.90 Å². The van der Waals surface area contributed by atoms with Crippen LogP contribution in [0.1, 0.15) is 38.7 Å². The van der Waals surface area contributed by atoms with Crippen LogP contribution in [0.25, 0.3) is 0 Å². The molecule has 1 aliphatic rings. The monoisotopic (exact) mass is 516 g/mol. The van der Waals surface area contributed by atoms with Crippen molar-refractivity contribution in [1.29, 1.82) is 0 Å². The zero-order valence-corrected chi connectivity index (χ0v) is 22.7. The van der Waals surface area contributed by atoms with Crippen molar-refractivity contribution < 1.29 is 21.6 Å². The van der Waals surface area contributed by atoms with Gasteiger partial charge in [-0.05, 0) is 57.0 Å². The number of benzene rings is 1. The summed E-state index contributed by atoms with van der Waals surface area (Å²) in [7, 11) is -3.68. The molecular weight excluding hydrogens is 476 g/mol. The number of sulfone groups is 1. The highest BCUT2D eigenvalue weighted by Gasteiger charge is 2.29. The van der Waals surface area contributed by atoms with Crippen molar-refractivity contribution in [2.24, 2.45) is 0 Å². The standard InChI is InChI=1S/C23H40N4O5S2/c1-6-25(20(2)19-21-9-11-22(12-10-21)33(5,29)30)14-7-8-15-26-17-18-27(16-13-23(26)28)34(31,32)24(3)4/h9-12,20H,6-8,13-19H2,1-5H3. The molecule has 194 valence electrons. The van der Waals surface area contributed by atoms with E-state index in [2.05, 4.69) is 18.7 Å². The zero-order chi connectivity index (χ0) is 25.5. The summed E-state index contributed by atoms with van der Waals surface area (Å²) in [6, 6.07) is 7.39. The molecule has 1 fully saturated rings. The molecule has 0 saturated carbocycles. The number of carbonyl (C=O) groups excluding carboxylic acids is 1. The van der Waals surface area contributed by atoms with Crippen LogP contribution in [-0.4, -0.2) is 107 Å². The third-order valence-corrected chi connectivity index (χ3v) is 9.44. The second kappa shape index (κ2) is 12.4. The Bertz CT molecular complexity index is 1010. The average molecular weight is 517 g/mol. The van der Waals surface area contributed by atoms with Crippen molar-refractivity contribution in [3.05, 3.63) is 29.8 Å². The van der Waals surface area contributed by atoms with Crippen LogP contribution >= 0.6 is 0 Å². The van der Waals surface area contributed by atoms with Gasteiger partial charge in [-0.15, -0.1) is 0 Å². The summed E-state index contributed by atoms with van der Waals surface area (Å²) < 4.78 is 50.6. The molecule has 0 aromatic heterocycles. The highest BCUT2D eigenvalue weighted by Crippen LogP contribution is 2.15. The molecule has 2 rings (SSSR count). The molecule has 1 aromatic carbocycles. The maximum Gasteiger partial charge on any atom is 0.281 e. The minimum atomic E-state index is -3.50. The summed E-state index contributed by atoms with van der Waals surface area (Å²) >= 11 is 0. The Hall–Kier alpha value is -1.53. The van der Waals surface area contributed by atoms with Gasteiger partial charge in [0, 0.05) is 59.0 Å². The first-order chi connectivity index (χ1) is 15.9. The smallest absolute Gasteiger partial charge is 0.281 e. The van der Waals surface area contributed by atoms with Gasteiger partial charge in [0.1, 0.15) is 0 Å². The SMILES string of the molecule is CCN(CCCCN1CCN(S(=O)(=O)N(C)C)CCC1=O)C(C)Cc1ccc(S(C)(=O)=O)cc1. The summed E-state index contributed by atoms with van der Waals surface area (Å²) in [5.74, 6) is 0.00899. The van der Waals surface area contributed by atoms with Gasteiger partial charge in [-0.1, -0.05) is 19.1 Å². The molecule has 11 heteroatoms. The molecule has 1 atom stereocenters. The fourth-order valence-corrected chi connectivity index (χ4v) is 5.92. The van der Waals surface area contributed by atoms with Crippen LogP contribution in [0.15, 0.2) is 29.2 Å². The molecule has 1 aliphatic heterocycles. The predicted molar refractivity (Wildman–Crippen MR) is 135 cm³/mol. The minimum absolute atomic E-state index is 0.00899. The third-order valence-electron chi connectivity index (χ3n) is 6.37. The largest absolute Gasteiger partial charge is 0.341 e. The Morgan fingerprint density at radius 2 is 1.65 bits per heavy atom. The number of nitrogens with zero attached hydrogens (tertiary/aromatic N) is 4. The van der Waals surface area contributed by atoms with Crippen LogP contribution < -0.4 is 0 Å². The topological polar surface area (TPSA) is 98.3 Å². The number of unbranched alkanes of at least 4 members (excludes halogenated alkanes) is 1. The molecule has 0 bridgehead atoms. The first-order valence-corrected chi connectivity index (χ1v) is 15.1. The lowest BCUT2D eigenvalue weighted by molar-refractivity contribution is -0.130. The molecule has 1 amide bonds. The van der Waals surface area contributed by atoms with Gasteiger partial charge < -0.3 is 9.80 Å². The first-order valence-electron chi connectivity index (χ1n) is 11.8. The Morgan fingerprint density at radius 3 is 2.21 bits per heavy atom. The number of likely N-dealkylation sites (N-methyl/N-ethyl adjacent to an activating group) is 1. The summed E-state index contributed by atoms with van der Waals surface area (Å²) in [5, 5.41) is 0. The van der Waals surface area contributed by atoms with Crippen LogP contribution in [0.2, 0.25) is 0 Å². The van der Waals surface area contributed by atoms with Gasteiger partial charge in [0.2, 0.25) is 5.91 Å². The number of amides is 1. The van der Waals surface area contributed by atoms with Crippen molar-refractivity contribution in [1.82, 2.24) is 18.4 Å². The molecule has 0 radical (unpaired) electrons. The molecule has 1 unspecified atom stereocenters. The van der Waals surface area contributed by atoms with Gasteiger partial charge in [0.15, 0.2) is 9.84 Å². The highest BCUT2D eigenvalue weighted by molar-refractivity contribution is 7.90. The normalized spacial score (nSPS) is 17.4. The molecular formula is C23H40N4O5S2. The van der Waals surface area contributed by atoms with Crippen LogP contribution in [-0.2, 0) is 31.3 Å². The van der Waals surface area contributed by atoms with Gasteiger partial charge in [-0.2, -0.15) is 17.0 Å². The van der Waals surface area contributed by atoms with Crippen molar-refractivity contribution in [2.45, 2.75) is 50.5 Å². The fourth-order valence-electron chi connectivity index (χ4n) is 4.20. The number of hydrogen-bond donors (Lipinski definition) is 0. The van der Waals surface area contributed by atoms with Gasteiger partial charge in [-0.3, -0.25) is 4.79 Å². The van der Waals surface area contributed by atoms with E-state index in [0.717, 1.165) is 37.9 Å². The quantitative estimate of drug-likeness (QED) is 0.390. The summed E-state index contributed by atoms with van der Waals surface area (Å²) in [4.78, 5) is 17.0. The Morgan fingerprint density at radius 1 is 1.00 bits per heavy atom. The average Bonchev–Trinajstić information content (AvgIpc) is 2.95. The summed E-state index contributed by atoms with van der Waals surface area (Å²) in [5.41, 5.74) is 1.10. The molecule has 0 N–H and O–H groups in total. The lowest BCUT2D eigenvalue weighted by atomic mass is 10.1. The molecule has 1 saturated heterocycles. The van der Waals surface area contributed by atoms with E-state index in [-0.39, 0.29) is 18.9 Å². The van der Waals surface area contributed by atoms with E-state index in [9.17, 15) is 21.6 Å². The van der Waals surface area contributed by atoms with Gasteiger partial charge in [0.25, 0.3) is 10.2 Å². The number of rotatable bonds is 12. The number of hydrogen-bond acceptors (Lipinski definition) is 6. The van der Waals surface area contributed by atoms with E-state index in [1.807, 2.05) is 12.1 Å². The van der Waals surface area contributed by atoms with E-state index in [0.29, 0.717) is 30.6 Å². The second-order valence-electron chi connectivity index (χ2n) is 9.12. The molecule has 1 aromatic rings. The Balaban J connectivity index is 1.81. The Kier molecular flexibility index (Phi) is 10.5. The minimum Gasteiger partial charge on any atom is -0.341 e. The van der Waals surface area contributed by atoms with E-state index in [1.54, 1.807) is 17.0 Å². The van der Waals surface area contributed by atoms with Crippen molar-refractivity contribution in [3.8, 4) is 0 Å². The number of carbonyl (C=O) groups is 1. The van der Waals surface area contributed by atoms with Crippen molar-refractivity contribution in [2.75, 3.05) is 59.6 Å². The second-order valence-corrected chi connectivity index (χ2v) is 13.3. The highest BCUT2D eigenvalue weighted by atomic mass is 32.2. The van der Waals surface area contributed by atoms with Gasteiger partial charge in [-0.25, -0.2) is 8.42 Å². The van der Waals surface area contributed by atoms with Crippen LogP contribution in [0.3, 0.4) is 0 Å². The van der Waals surface area contributed by atoms with Crippen LogP contribution in [0.5, 0.6) is 0 Å². The maximum absolute atomic E-state index is 12.5. The van der Waals surface area contributed by atoms with Gasteiger partial charge >= 0.3 is 0 Å². The lowest BCUT2D eigenvalue weighted by Gasteiger charge is -2.28. The molecule has 0 aliphatic carbocycles. The summed E-state index contributed by atoms with van der Waals surface area (Å²) in [6.45, 7) is 7.71. The predicted octanol–water partition coefficient (Wildman–Crippen LogP) is 1.46. The van der Waals surface area contributed by atoms with Crippen molar-refractivity contribution >= 4 is 26.0 Å². The van der Waals surface area contributed by atoms with Crippen molar-refractivity contribution in [3.63, 3.8) is 0 Å². The third kappa shape index (κ3) is 8.01. The lowest BCUT2D eigenvalue weighted by Crippen LogP contribution is -2.42. The molecule has 9 nitrogen and oxygen atoms in total. The molecule has 0 spiro atoms.